The number of amides is 1. The number of rotatable bonds is 5. The molecule has 7 heteroatoms. The van der Waals surface area contributed by atoms with Crippen LogP contribution in [0.4, 0.5) is 4.39 Å². The molecule has 0 unspecified atom stereocenters. The van der Waals surface area contributed by atoms with Crippen molar-refractivity contribution < 1.29 is 13.9 Å². The van der Waals surface area contributed by atoms with Crippen molar-refractivity contribution in [3.63, 3.8) is 0 Å². The SMILES string of the molecule is COc1ccccc1CNC(=O)c1cc(-c2ccc(F)cc2)nc(=O)[nH]1. The number of ether oxygens (including phenoxy) is 1. The fourth-order valence-electron chi connectivity index (χ4n) is 2.47. The molecule has 2 aromatic carbocycles. The van der Waals surface area contributed by atoms with Crippen molar-refractivity contribution in [2.45, 2.75) is 6.54 Å². The number of aromatic nitrogens is 2. The van der Waals surface area contributed by atoms with E-state index in [1.165, 1.54) is 30.3 Å². The molecule has 0 spiro atoms. The number of nitrogens with one attached hydrogen (secondary N) is 2. The molecule has 1 heterocycles. The highest BCUT2D eigenvalue weighted by Gasteiger charge is 2.12. The number of carbonyl (C=O) groups is 1. The molecule has 0 saturated heterocycles. The van der Waals surface area contributed by atoms with Crippen LogP contribution >= 0.6 is 0 Å². The van der Waals surface area contributed by atoms with Crippen molar-refractivity contribution in [1.29, 1.82) is 0 Å². The Labute approximate surface area is 148 Å². The lowest BCUT2D eigenvalue weighted by Crippen LogP contribution is -2.27. The van der Waals surface area contributed by atoms with Gasteiger partial charge >= 0.3 is 5.69 Å². The second-order valence-electron chi connectivity index (χ2n) is 5.49. The van der Waals surface area contributed by atoms with Crippen LogP contribution in [0.2, 0.25) is 0 Å². The standard InChI is InChI=1S/C19H16FN3O3/c1-26-17-5-3-2-4-13(17)11-21-18(24)16-10-15(22-19(25)23-16)12-6-8-14(20)9-7-12/h2-10H,11H2,1H3,(H,21,24)(H,22,23,25). The van der Waals surface area contributed by atoms with Crippen molar-refractivity contribution in [1.82, 2.24) is 15.3 Å². The van der Waals surface area contributed by atoms with Crippen LogP contribution in [0.25, 0.3) is 11.3 Å². The van der Waals surface area contributed by atoms with E-state index in [1.54, 1.807) is 13.2 Å². The third-order valence-electron chi connectivity index (χ3n) is 3.76. The van der Waals surface area contributed by atoms with E-state index in [0.717, 1.165) is 5.56 Å². The Morgan fingerprint density at radius 1 is 1.19 bits per heavy atom. The van der Waals surface area contributed by atoms with Crippen molar-refractivity contribution >= 4 is 5.91 Å². The Bertz CT molecular complexity index is 984. The molecule has 2 N–H and O–H groups in total. The number of carbonyl (C=O) groups excluding carboxylic acids is 1. The summed E-state index contributed by atoms with van der Waals surface area (Å²) in [5.41, 5.74) is 1.04. The zero-order chi connectivity index (χ0) is 18.5. The van der Waals surface area contributed by atoms with Crippen molar-refractivity contribution in [2.75, 3.05) is 7.11 Å². The van der Waals surface area contributed by atoms with Gasteiger partial charge in [-0.15, -0.1) is 0 Å². The van der Waals surface area contributed by atoms with Crippen LogP contribution in [0.5, 0.6) is 5.75 Å². The minimum atomic E-state index is -0.658. The summed E-state index contributed by atoms with van der Waals surface area (Å²) in [6.07, 6.45) is 0. The van der Waals surface area contributed by atoms with Crippen LogP contribution in [-0.2, 0) is 6.54 Å². The number of aromatic amines is 1. The number of H-pyrrole nitrogens is 1. The first-order chi connectivity index (χ1) is 12.6. The average molecular weight is 353 g/mol. The second-order valence-corrected chi connectivity index (χ2v) is 5.49. The Kier molecular flexibility index (Phi) is 5.07. The molecule has 3 rings (SSSR count). The van der Waals surface area contributed by atoms with E-state index in [-0.39, 0.29) is 17.9 Å². The highest BCUT2D eigenvalue weighted by Crippen LogP contribution is 2.18. The number of para-hydroxylation sites is 1. The number of nitrogens with zero attached hydrogens (tertiary/aromatic N) is 1. The summed E-state index contributed by atoms with van der Waals surface area (Å²) < 4.78 is 18.3. The maximum atomic E-state index is 13.0. The monoisotopic (exact) mass is 353 g/mol. The first-order valence-electron chi connectivity index (χ1n) is 7.84. The topological polar surface area (TPSA) is 84.1 Å². The van der Waals surface area contributed by atoms with E-state index in [1.807, 2.05) is 18.2 Å². The van der Waals surface area contributed by atoms with Gasteiger partial charge in [-0.05, 0) is 36.4 Å². The fourth-order valence-corrected chi connectivity index (χ4v) is 2.47. The van der Waals surface area contributed by atoms with Crippen molar-refractivity contribution in [3.8, 4) is 17.0 Å². The van der Waals surface area contributed by atoms with Crippen molar-refractivity contribution in [3.05, 3.63) is 82.2 Å². The summed E-state index contributed by atoms with van der Waals surface area (Å²) in [5.74, 6) is -0.199. The third-order valence-corrected chi connectivity index (χ3v) is 3.76. The maximum absolute atomic E-state index is 13.0. The van der Waals surface area contributed by atoms with Crippen LogP contribution in [0, 0.1) is 5.82 Å². The summed E-state index contributed by atoms with van der Waals surface area (Å²) in [6, 6.07) is 14.3. The molecule has 0 fully saturated rings. The van der Waals surface area contributed by atoms with Crippen LogP contribution < -0.4 is 15.7 Å². The van der Waals surface area contributed by atoms with Gasteiger partial charge in [-0.1, -0.05) is 18.2 Å². The summed E-state index contributed by atoms with van der Waals surface area (Å²) in [4.78, 5) is 30.4. The number of halogens is 1. The van der Waals surface area contributed by atoms with Crippen LogP contribution in [0.15, 0.2) is 59.4 Å². The Morgan fingerprint density at radius 3 is 2.65 bits per heavy atom. The molecule has 1 aromatic heterocycles. The molecule has 26 heavy (non-hydrogen) atoms. The smallest absolute Gasteiger partial charge is 0.346 e. The highest BCUT2D eigenvalue weighted by atomic mass is 19.1. The highest BCUT2D eigenvalue weighted by molar-refractivity contribution is 5.93. The first-order valence-corrected chi connectivity index (χ1v) is 7.84. The molecule has 132 valence electrons. The molecular formula is C19H16FN3O3. The molecule has 0 saturated carbocycles. The summed E-state index contributed by atoms with van der Waals surface area (Å²) in [7, 11) is 1.55. The van der Waals surface area contributed by atoms with Crippen LogP contribution in [0.1, 0.15) is 16.1 Å². The molecule has 0 aliphatic carbocycles. The maximum Gasteiger partial charge on any atom is 0.346 e. The van der Waals surface area contributed by atoms with Gasteiger partial charge in [-0.3, -0.25) is 4.79 Å². The number of benzene rings is 2. The quantitative estimate of drug-likeness (QED) is 0.738. The molecule has 0 radical (unpaired) electrons. The minimum Gasteiger partial charge on any atom is -0.496 e. The van der Waals surface area contributed by atoms with Gasteiger partial charge in [0.1, 0.15) is 17.3 Å². The van der Waals surface area contributed by atoms with Crippen molar-refractivity contribution in [2.24, 2.45) is 0 Å². The van der Waals surface area contributed by atoms with Crippen LogP contribution in [0.3, 0.4) is 0 Å². The summed E-state index contributed by atoms with van der Waals surface area (Å²) in [6.45, 7) is 0.235. The Hall–Kier alpha value is -3.48. The molecule has 3 aromatic rings. The predicted octanol–water partition coefficient (Wildman–Crippen LogP) is 2.51. The molecule has 1 amide bonds. The number of hydrogen-bond donors (Lipinski definition) is 2. The van der Waals surface area contributed by atoms with E-state index in [2.05, 4.69) is 15.3 Å². The molecular weight excluding hydrogens is 337 g/mol. The Morgan fingerprint density at radius 2 is 1.92 bits per heavy atom. The van der Waals surface area contributed by atoms with E-state index in [9.17, 15) is 14.0 Å². The number of methoxy groups -OCH3 is 1. The van der Waals surface area contributed by atoms with E-state index in [0.29, 0.717) is 11.3 Å². The molecule has 0 aliphatic rings. The molecule has 0 aliphatic heterocycles. The lowest BCUT2D eigenvalue weighted by atomic mass is 10.1. The fraction of sp³-hybridized carbons (Fsp3) is 0.105. The van der Waals surface area contributed by atoms with Crippen LogP contribution in [-0.4, -0.2) is 23.0 Å². The van der Waals surface area contributed by atoms with Gasteiger partial charge in [0.15, 0.2) is 0 Å². The van der Waals surface area contributed by atoms with Gasteiger partial charge < -0.3 is 15.0 Å². The lowest BCUT2D eigenvalue weighted by Gasteiger charge is -2.10. The van der Waals surface area contributed by atoms with Gasteiger partial charge in [0.25, 0.3) is 5.91 Å². The van der Waals surface area contributed by atoms with Gasteiger partial charge in [-0.2, -0.15) is 4.98 Å². The van der Waals surface area contributed by atoms with E-state index in [4.69, 9.17) is 4.74 Å². The third kappa shape index (κ3) is 3.94. The zero-order valence-electron chi connectivity index (χ0n) is 14.0. The van der Waals surface area contributed by atoms with E-state index >= 15 is 0 Å². The second kappa shape index (κ2) is 7.60. The number of hydrogen-bond acceptors (Lipinski definition) is 4. The van der Waals surface area contributed by atoms with Gasteiger partial charge in [0.2, 0.25) is 0 Å². The summed E-state index contributed by atoms with van der Waals surface area (Å²) >= 11 is 0. The lowest BCUT2D eigenvalue weighted by molar-refractivity contribution is 0.0945. The van der Waals surface area contributed by atoms with Gasteiger partial charge in [0.05, 0.1) is 12.8 Å². The minimum absolute atomic E-state index is 0.0687. The van der Waals surface area contributed by atoms with E-state index < -0.39 is 17.4 Å². The van der Waals surface area contributed by atoms with Gasteiger partial charge in [0, 0.05) is 17.7 Å². The Balaban J connectivity index is 1.81. The largest absolute Gasteiger partial charge is 0.496 e. The molecule has 0 bridgehead atoms. The zero-order valence-corrected chi connectivity index (χ0v) is 14.0. The molecule has 0 atom stereocenters. The normalized spacial score (nSPS) is 10.4. The molecule has 6 nitrogen and oxygen atoms in total. The predicted molar refractivity (Wildman–Crippen MR) is 94.4 cm³/mol. The summed E-state index contributed by atoms with van der Waals surface area (Å²) in [5, 5.41) is 2.73. The first kappa shape index (κ1) is 17.3. The average Bonchev–Trinajstić information content (AvgIpc) is 2.66. The van der Waals surface area contributed by atoms with Gasteiger partial charge in [-0.25, -0.2) is 9.18 Å².